The fourth-order valence-electron chi connectivity index (χ4n) is 2.80. The van der Waals surface area contributed by atoms with Crippen LogP contribution in [0.5, 0.6) is 0 Å². The Bertz CT molecular complexity index is 748. The molecule has 112 valence electrons. The van der Waals surface area contributed by atoms with E-state index in [1.807, 2.05) is 42.2 Å². The van der Waals surface area contributed by atoms with Crippen LogP contribution in [-0.4, -0.2) is 15.9 Å². The zero-order valence-electron chi connectivity index (χ0n) is 11.7. The summed E-state index contributed by atoms with van der Waals surface area (Å²) < 4.78 is 0. The Kier molecular flexibility index (Phi) is 3.25. The summed E-state index contributed by atoms with van der Waals surface area (Å²) >= 11 is 0. The van der Waals surface area contributed by atoms with Crippen LogP contribution < -0.4 is 4.90 Å². The van der Waals surface area contributed by atoms with Crippen molar-refractivity contribution in [1.29, 1.82) is 0 Å². The molecule has 7 heteroatoms. The number of nitrogens with zero attached hydrogens (tertiary/aromatic N) is 3. The molecule has 0 spiro atoms. The van der Waals surface area contributed by atoms with Crippen molar-refractivity contribution in [2.75, 3.05) is 4.90 Å². The summed E-state index contributed by atoms with van der Waals surface area (Å²) in [6.45, 7) is 1.98. The molecule has 1 fully saturated rings. The molecule has 1 heterocycles. The van der Waals surface area contributed by atoms with Crippen LogP contribution in [0, 0.1) is 20.2 Å². The molecule has 0 aromatic heterocycles. The molecule has 0 unspecified atom stereocenters. The van der Waals surface area contributed by atoms with Crippen molar-refractivity contribution in [3.63, 3.8) is 0 Å². The Morgan fingerprint density at radius 3 is 2.27 bits per heavy atom. The van der Waals surface area contributed by atoms with E-state index in [-0.39, 0.29) is 23.5 Å². The van der Waals surface area contributed by atoms with Crippen molar-refractivity contribution in [3.05, 3.63) is 74.3 Å². The van der Waals surface area contributed by atoms with Gasteiger partial charge in [-0.15, -0.1) is 0 Å². The van der Waals surface area contributed by atoms with Crippen LogP contribution in [0.25, 0.3) is 0 Å². The lowest BCUT2D eigenvalue weighted by Gasteiger charge is -2.07. The van der Waals surface area contributed by atoms with E-state index in [1.165, 1.54) is 12.1 Å². The molecule has 2 aromatic rings. The van der Waals surface area contributed by atoms with E-state index in [2.05, 4.69) is 0 Å². The van der Waals surface area contributed by atoms with Crippen LogP contribution in [-0.2, 0) is 0 Å². The standard InChI is InChI=1S/C15H13N3O4/c1-10-15(11-5-3-2-4-6-11)16(10)13-8-7-12(17(19)20)9-14(13)18(21)22/h2-10,15H,1H3/t10-,15-,16?/m0/s1. The maximum Gasteiger partial charge on any atom is 0.299 e. The van der Waals surface area contributed by atoms with Gasteiger partial charge in [0.1, 0.15) is 5.69 Å². The number of rotatable bonds is 4. The highest BCUT2D eigenvalue weighted by Crippen LogP contribution is 2.50. The van der Waals surface area contributed by atoms with Gasteiger partial charge in [-0.2, -0.15) is 0 Å². The number of non-ortho nitro benzene ring substituents is 1. The first-order chi connectivity index (χ1) is 10.5. The first-order valence-electron chi connectivity index (χ1n) is 6.77. The van der Waals surface area contributed by atoms with Gasteiger partial charge >= 0.3 is 0 Å². The van der Waals surface area contributed by atoms with Crippen molar-refractivity contribution in [1.82, 2.24) is 0 Å². The van der Waals surface area contributed by atoms with Crippen LogP contribution >= 0.6 is 0 Å². The summed E-state index contributed by atoms with van der Waals surface area (Å²) in [4.78, 5) is 22.7. The predicted octanol–water partition coefficient (Wildman–Crippen LogP) is 3.45. The van der Waals surface area contributed by atoms with E-state index < -0.39 is 9.85 Å². The SMILES string of the molecule is C[C@H]1[C@@H](c2ccccc2)N1c1ccc([N+](=O)[O-])cc1[N+](=O)[O-]. The number of anilines is 1. The molecule has 2 atom stereocenters. The summed E-state index contributed by atoms with van der Waals surface area (Å²) in [7, 11) is 0. The maximum absolute atomic E-state index is 11.2. The van der Waals surface area contributed by atoms with Gasteiger partial charge in [0.2, 0.25) is 0 Å². The third-order valence-electron chi connectivity index (χ3n) is 3.89. The Balaban J connectivity index is 1.99. The first-order valence-corrected chi connectivity index (χ1v) is 6.77. The van der Waals surface area contributed by atoms with E-state index in [9.17, 15) is 20.2 Å². The van der Waals surface area contributed by atoms with E-state index in [4.69, 9.17) is 0 Å². The van der Waals surface area contributed by atoms with Gasteiger partial charge in [-0.3, -0.25) is 20.2 Å². The lowest BCUT2D eigenvalue weighted by atomic mass is 10.1. The molecule has 0 saturated carbocycles. The van der Waals surface area contributed by atoms with Crippen molar-refractivity contribution >= 4 is 17.1 Å². The molecule has 0 aliphatic carbocycles. The zero-order valence-corrected chi connectivity index (χ0v) is 11.7. The topological polar surface area (TPSA) is 89.3 Å². The number of hydrogen-bond acceptors (Lipinski definition) is 5. The average molecular weight is 299 g/mol. The number of benzene rings is 2. The highest BCUT2D eigenvalue weighted by atomic mass is 16.6. The molecular formula is C15H13N3O4. The van der Waals surface area contributed by atoms with Gasteiger partial charge in [-0.25, -0.2) is 0 Å². The van der Waals surface area contributed by atoms with Gasteiger partial charge in [0, 0.05) is 6.07 Å². The predicted molar refractivity (Wildman–Crippen MR) is 80.9 cm³/mol. The summed E-state index contributed by atoms with van der Waals surface area (Å²) in [5.41, 5.74) is 0.972. The lowest BCUT2D eigenvalue weighted by Crippen LogP contribution is -2.02. The van der Waals surface area contributed by atoms with E-state index in [0.29, 0.717) is 5.69 Å². The molecule has 0 bridgehead atoms. The third-order valence-corrected chi connectivity index (χ3v) is 3.89. The summed E-state index contributed by atoms with van der Waals surface area (Å²) in [6, 6.07) is 13.6. The smallest absolute Gasteiger partial charge is 0.299 e. The van der Waals surface area contributed by atoms with Gasteiger partial charge < -0.3 is 4.90 Å². The molecule has 1 saturated heterocycles. The minimum atomic E-state index is -0.628. The summed E-state index contributed by atoms with van der Waals surface area (Å²) in [5.74, 6) is 0. The van der Waals surface area contributed by atoms with Gasteiger partial charge in [0.05, 0.1) is 28.0 Å². The van der Waals surface area contributed by atoms with E-state index in [1.54, 1.807) is 0 Å². The quantitative estimate of drug-likeness (QED) is 0.490. The van der Waals surface area contributed by atoms with Crippen molar-refractivity contribution in [2.24, 2.45) is 0 Å². The van der Waals surface area contributed by atoms with Crippen LogP contribution in [0.1, 0.15) is 18.5 Å². The van der Waals surface area contributed by atoms with E-state index in [0.717, 1.165) is 11.6 Å². The van der Waals surface area contributed by atoms with Crippen LogP contribution in [0.3, 0.4) is 0 Å². The lowest BCUT2D eigenvalue weighted by molar-refractivity contribution is -0.393. The van der Waals surface area contributed by atoms with Crippen molar-refractivity contribution in [2.45, 2.75) is 19.0 Å². The van der Waals surface area contributed by atoms with Gasteiger partial charge in [0.15, 0.2) is 0 Å². The molecule has 1 aliphatic heterocycles. The number of hydrogen-bond donors (Lipinski definition) is 0. The van der Waals surface area contributed by atoms with E-state index >= 15 is 0 Å². The Labute approximate surface area is 126 Å². The van der Waals surface area contributed by atoms with Gasteiger partial charge in [-0.05, 0) is 18.6 Å². The molecule has 3 rings (SSSR count). The largest absolute Gasteiger partial charge is 0.352 e. The minimum Gasteiger partial charge on any atom is -0.352 e. The molecule has 22 heavy (non-hydrogen) atoms. The normalized spacial score (nSPS) is 19.8. The highest BCUT2D eigenvalue weighted by molar-refractivity contribution is 5.72. The van der Waals surface area contributed by atoms with Crippen LogP contribution in [0.15, 0.2) is 48.5 Å². The summed E-state index contributed by atoms with van der Waals surface area (Å²) in [5, 5.41) is 22.0. The fraction of sp³-hybridized carbons (Fsp3) is 0.200. The maximum atomic E-state index is 11.2. The number of nitro benzene ring substituents is 2. The molecule has 0 amide bonds. The molecule has 7 nitrogen and oxygen atoms in total. The second-order valence-corrected chi connectivity index (χ2v) is 5.19. The molecule has 2 aromatic carbocycles. The van der Waals surface area contributed by atoms with Crippen molar-refractivity contribution in [3.8, 4) is 0 Å². The van der Waals surface area contributed by atoms with Crippen molar-refractivity contribution < 1.29 is 9.85 Å². The monoisotopic (exact) mass is 299 g/mol. The second-order valence-electron chi connectivity index (χ2n) is 5.19. The molecule has 1 aliphatic rings. The zero-order chi connectivity index (χ0) is 15.9. The average Bonchev–Trinajstić information content (AvgIpc) is 3.18. The molecule has 0 radical (unpaired) electrons. The third kappa shape index (κ3) is 2.26. The van der Waals surface area contributed by atoms with Crippen LogP contribution in [0.2, 0.25) is 0 Å². The first kappa shape index (κ1) is 14.0. The summed E-state index contributed by atoms with van der Waals surface area (Å²) in [6.07, 6.45) is 0. The van der Waals surface area contributed by atoms with Gasteiger partial charge in [0.25, 0.3) is 11.4 Å². The Morgan fingerprint density at radius 1 is 1.00 bits per heavy atom. The number of nitro groups is 2. The minimum absolute atomic E-state index is 0.0568. The van der Waals surface area contributed by atoms with Crippen LogP contribution in [0.4, 0.5) is 17.1 Å². The molecule has 0 N–H and O–H groups in total. The van der Waals surface area contributed by atoms with Gasteiger partial charge in [-0.1, -0.05) is 30.3 Å². The Hall–Kier alpha value is -2.96. The second kappa shape index (κ2) is 5.10. The highest BCUT2D eigenvalue weighted by Gasteiger charge is 2.47. The Morgan fingerprint density at radius 2 is 1.68 bits per heavy atom. The fourth-order valence-corrected chi connectivity index (χ4v) is 2.80. The molecular weight excluding hydrogens is 286 g/mol.